The van der Waals surface area contributed by atoms with Crippen LogP contribution in [0, 0.1) is 11.8 Å². The number of carbonyl (C=O) groups is 2. The van der Waals surface area contributed by atoms with Crippen molar-refractivity contribution in [2.45, 2.75) is 39.2 Å². The van der Waals surface area contributed by atoms with Gasteiger partial charge < -0.3 is 20.0 Å². The summed E-state index contributed by atoms with van der Waals surface area (Å²) in [5, 5.41) is 3.22. The van der Waals surface area contributed by atoms with Gasteiger partial charge in [0, 0.05) is 45.7 Å². The van der Waals surface area contributed by atoms with Crippen molar-refractivity contribution < 1.29 is 9.59 Å². The van der Waals surface area contributed by atoms with E-state index >= 15 is 0 Å². The van der Waals surface area contributed by atoms with E-state index < -0.39 is 0 Å². The molecule has 1 N–H and O–H groups in total. The SMILES string of the molecule is CC(C)CC(CN(C)C)NC(=O)C1CCN(C(=O)N(C)C)CC1. The summed E-state index contributed by atoms with van der Waals surface area (Å²) < 4.78 is 0. The average molecular weight is 326 g/mol. The molecule has 1 aliphatic heterocycles. The van der Waals surface area contributed by atoms with Gasteiger partial charge in [-0.2, -0.15) is 0 Å². The normalized spacial score (nSPS) is 17.5. The lowest BCUT2D eigenvalue weighted by Gasteiger charge is -2.34. The maximum atomic E-state index is 12.5. The Morgan fingerprint density at radius 1 is 1.13 bits per heavy atom. The first-order valence-corrected chi connectivity index (χ1v) is 8.62. The average Bonchev–Trinajstić information content (AvgIpc) is 2.45. The Bertz CT molecular complexity index is 378. The van der Waals surface area contributed by atoms with Crippen LogP contribution in [-0.2, 0) is 4.79 Å². The topological polar surface area (TPSA) is 55.9 Å². The summed E-state index contributed by atoms with van der Waals surface area (Å²) in [6, 6.07) is 0.230. The maximum Gasteiger partial charge on any atom is 0.319 e. The van der Waals surface area contributed by atoms with Crippen LogP contribution >= 0.6 is 0 Å². The Morgan fingerprint density at radius 2 is 1.70 bits per heavy atom. The zero-order valence-electron chi connectivity index (χ0n) is 15.6. The van der Waals surface area contributed by atoms with Crippen LogP contribution in [0.5, 0.6) is 0 Å². The number of likely N-dealkylation sites (N-methyl/N-ethyl adjacent to an activating group) is 1. The fourth-order valence-corrected chi connectivity index (χ4v) is 3.12. The lowest BCUT2D eigenvalue weighted by Crippen LogP contribution is -2.49. The molecule has 1 heterocycles. The van der Waals surface area contributed by atoms with Crippen molar-refractivity contribution in [3.63, 3.8) is 0 Å². The van der Waals surface area contributed by atoms with Crippen molar-refractivity contribution in [1.29, 1.82) is 0 Å². The van der Waals surface area contributed by atoms with Crippen LogP contribution in [0.25, 0.3) is 0 Å². The number of nitrogens with zero attached hydrogens (tertiary/aromatic N) is 3. The molecule has 0 spiro atoms. The largest absolute Gasteiger partial charge is 0.352 e. The number of hydrogen-bond acceptors (Lipinski definition) is 3. The van der Waals surface area contributed by atoms with Crippen LogP contribution in [-0.4, -0.2) is 80.5 Å². The van der Waals surface area contributed by atoms with E-state index in [0.29, 0.717) is 19.0 Å². The number of carbonyl (C=O) groups excluding carboxylic acids is 2. The highest BCUT2D eigenvalue weighted by molar-refractivity contribution is 5.80. The molecule has 1 rings (SSSR count). The lowest BCUT2D eigenvalue weighted by molar-refractivity contribution is -0.127. The van der Waals surface area contributed by atoms with E-state index in [9.17, 15) is 9.59 Å². The summed E-state index contributed by atoms with van der Waals surface area (Å²) in [7, 11) is 7.59. The summed E-state index contributed by atoms with van der Waals surface area (Å²) in [6.45, 7) is 6.55. The molecule has 1 saturated heterocycles. The van der Waals surface area contributed by atoms with Gasteiger partial charge in [-0.05, 0) is 39.3 Å². The van der Waals surface area contributed by atoms with Gasteiger partial charge in [0.2, 0.25) is 5.91 Å². The molecule has 0 saturated carbocycles. The highest BCUT2D eigenvalue weighted by atomic mass is 16.2. The first kappa shape index (κ1) is 19.7. The lowest BCUT2D eigenvalue weighted by atomic mass is 9.95. The number of amides is 3. The molecule has 0 aromatic heterocycles. The molecule has 23 heavy (non-hydrogen) atoms. The minimum absolute atomic E-state index is 0.0260. The summed E-state index contributed by atoms with van der Waals surface area (Å²) in [5.41, 5.74) is 0. The van der Waals surface area contributed by atoms with Crippen molar-refractivity contribution in [1.82, 2.24) is 20.0 Å². The third-order valence-corrected chi connectivity index (χ3v) is 4.21. The molecular weight excluding hydrogens is 292 g/mol. The highest BCUT2D eigenvalue weighted by Gasteiger charge is 2.29. The molecule has 3 amide bonds. The fourth-order valence-electron chi connectivity index (χ4n) is 3.12. The van der Waals surface area contributed by atoms with E-state index in [1.54, 1.807) is 19.0 Å². The van der Waals surface area contributed by atoms with Gasteiger partial charge in [0.05, 0.1) is 0 Å². The molecule has 0 bridgehead atoms. The number of urea groups is 1. The number of nitrogens with one attached hydrogen (secondary N) is 1. The quantitative estimate of drug-likeness (QED) is 0.804. The molecule has 134 valence electrons. The highest BCUT2D eigenvalue weighted by Crippen LogP contribution is 2.19. The molecular formula is C17H34N4O2. The predicted octanol–water partition coefficient (Wildman–Crippen LogP) is 1.47. The molecule has 0 aromatic carbocycles. The van der Waals surface area contributed by atoms with Crippen LogP contribution in [0.15, 0.2) is 0 Å². The van der Waals surface area contributed by atoms with E-state index in [0.717, 1.165) is 25.8 Å². The van der Waals surface area contributed by atoms with Gasteiger partial charge in [0.1, 0.15) is 0 Å². The van der Waals surface area contributed by atoms with Crippen molar-refractivity contribution >= 4 is 11.9 Å². The van der Waals surface area contributed by atoms with Crippen LogP contribution < -0.4 is 5.32 Å². The molecule has 0 aliphatic carbocycles. The van der Waals surface area contributed by atoms with Gasteiger partial charge in [0.25, 0.3) is 0 Å². The minimum Gasteiger partial charge on any atom is -0.352 e. The van der Waals surface area contributed by atoms with E-state index in [4.69, 9.17) is 0 Å². The van der Waals surface area contributed by atoms with Crippen LogP contribution in [0.1, 0.15) is 33.1 Å². The Hall–Kier alpha value is -1.30. The molecule has 6 heteroatoms. The number of likely N-dealkylation sites (tertiary alicyclic amines) is 1. The van der Waals surface area contributed by atoms with Gasteiger partial charge in [0.15, 0.2) is 0 Å². The number of rotatable bonds is 6. The Morgan fingerprint density at radius 3 is 2.13 bits per heavy atom. The summed E-state index contributed by atoms with van der Waals surface area (Å²) in [5.74, 6) is 0.729. The summed E-state index contributed by atoms with van der Waals surface area (Å²) in [6.07, 6.45) is 2.49. The third-order valence-electron chi connectivity index (χ3n) is 4.21. The second kappa shape index (κ2) is 9.11. The van der Waals surface area contributed by atoms with Crippen molar-refractivity contribution in [3.8, 4) is 0 Å². The van der Waals surface area contributed by atoms with Gasteiger partial charge in [-0.15, -0.1) is 0 Å². The molecule has 0 radical (unpaired) electrons. The molecule has 1 unspecified atom stereocenters. The standard InChI is InChI=1S/C17H34N4O2/c1-13(2)11-15(12-19(3)4)18-16(22)14-7-9-21(10-8-14)17(23)20(5)6/h13-15H,7-12H2,1-6H3,(H,18,22). The van der Waals surface area contributed by atoms with E-state index in [1.165, 1.54) is 0 Å². The molecule has 1 aliphatic rings. The Balaban J connectivity index is 2.50. The first-order chi connectivity index (χ1) is 10.7. The van der Waals surface area contributed by atoms with Crippen LogP contribution in [0.2, 0.25) is 0 Å². The van der Waals surface area contributed by atoms with E-state index in [2.05, 4.69) is 24.1 Å². The van der Waals surface area contributed by atoms with Gasteiger partial charge in [-0.3, -0.25) is 4.79 Å². The smallest absolute Gasteiger partial charge is 0.319 e. The Labute approximate surface area is 141 Å². The predicted molar refractivity (Wildman–Crippen MR) is 93.3 cm³/mol. The second-order valence-electron chi connectivity index (χ2n) is 7.54. The molecule has 6 nitrogen and oxygen atoms in total. The Kier molecular flexibility index (Phi) is 7.82. The van der Waals surface area contributed by atoms with Gasteiger partial charge >= 0.3 is 6.03 Å². The van der Waals surface area contributed by atoms with Crippen LogP contribution in [0.3, 0.4) is 0 Å². The summed E-state index contributed by atoms with van der Waals surface area (Å²) in [4.78, 5) is 30.0. The van der Waals surface area contributed by atoms with E-state index in [1.807, 2.05) is 19.0 Å². The second-order valence-corrected chi connectivity index (χ2v) is 7.54. The van der Waals surface area contributed by atoms with E-state index in [-0.39, 0.29) is 23.9 Å². The first-order valence-electron chi connectivity index (χ1n) is 8.62. The van der Waals surface area contributed by atoms with Crippen molar-refractivity contribution in [2.75, 3.05) is 47.8 Å². The summed E-state index contributed by atoms with van der Waals surface area (Å²) >= 11 is 0. The zero-order valence-corrected chi connectivity index (χ0v) is 15.6. The number of hydrogen-bond donors (Lipinski definition) is 1. The van der Waals surface area contributed by atoms with Crippen molar-refractivity contribution in [2.24, 2.45) is 11.8 Å². The van der Waals surface area contributed by atoms with Crippen LogP contribution in [0.4, 0.5) is 4.79 Å². The fraction of sp³-hybridized carbons (Fsp3) is 0.882. The minimum atomic E-state index is 0.0260. The van der Waals surface area contributed by atoms with Gasteiger partial charge in [-0.1, -0.05) is 13.8 Å². The molecule has 0 aromatic rings. The number of piperidine rings is 1. The third kappa shape index (κ3) is 6.77. The molecule has 1 fully saturated rings. The van der Waals surface area contributed by atoms with Gasteiger partial charge in [-0.25, -0.2) is 4.79 Å². The van der Waals surface area contributed by atoms with Crippen molar-refractivity contribution in [3.05, 3.63) is 0 Å². The zero-order chi connectivity index (χ0) is 17.6. The molecule has 1 atom stereocenters. The monoisotopic (exact) mass is 326 g/mol. The maximum absolute atomic E-state index is 12.5.